The van der Waals surface area contributed by atoms with Crippen molar-refractivity contribution in [1.29, 1.82) is 0 Å². The van der Waals surface area contributed by atoms with Crippen LogP contribution in [-0.2, 0) is 10.2 Å². The van der Waals surface area contributed by atoms with E-state index in [4.69, 9.17) is 0 Å². The highest BCUT2D eigenvalue weighted by Gasteiger charge is 2.40. The van der Waals surface area contributed by atoms with Gasteiger partial charge < -0.3 is 0 Å². The van der Waals surface area contributed by atoms with E-state index in [1.165, 1.54) is 0 Å². The monoisotopic (exact) mass is 356 g/mol. The maximum atomic E-state index is 13.5. The van der Waals surface area contributed by atoms with Gasteiger partial charge in [0.1, 0.15) is 0 Å². The van der Waals surface area contributed by atoms with Gasteiger partial charge in [-0.25, -0.2) is 0 Å². The Balaban J connectivity index is 2.78. The highest BCUT2D eigenvalue weighted by atomic mass is 16.1. The smallest absolute Gasteiger partial charge is 0.170 e. The fourth-order valence-corrected chi connectivity index (χ4v) is 3.41. The number of carbonyl (C=O) groups excluding carboxylic acids is 1. The minimum absolute atomic E-state index is 0.0957. The lowest BCUT2D eigenvalue weighted by Gasteiger charge is -2.34. The van der Waals surface area contributed by atoms with Crippen LogP contribution in [0.15, 0.2) is 103 Å². The van der Waals surface area contributed by atoms with E-state index in [0.29, 0.717) is 12.8 Å². The van der Waals surface area contributed by atoms with Gasteiger partial charge >= 0.3 is 0 Å². The van der Waals surface area contributed by atoms with Gasteiger partial charge in [0.05, 0.1) is 5.41 Å². The second-order valence-corrected chi connectivity index (χ2v) is 6.48. The highest BCUT2D eigenvalue weighted by molar-refractivity contribution is 6.02. The van der Waals surface area contributed by atoms with Crippen LogP contribution in [0.1, 0.15) is 37.8 Å². The minimum atomic E-state index is -0.746. The number of ketones is 1. The van der Waals surface area contributed by atoms with Crippen LogP contribution in [0.4, 0.5) is 0 Å². The third-order valence-electron chi connectivity index (χ3n) is 4.72. The van der Waals surface area contributed by atoms with E-state index in [2.05, 4.69) is 30.9 Å². The first kappa shape index (κ1) is 20.4. The van der Waals surface area contributed by atoms with E-state index in [1.54, 1.807) is 6.08 Å². The van der Waals surface area contributed by atoms with Crippen LogP contribution in [-0.4, -0.2) is 5.78 Å². The van der Waals surface area contributed by atoms with Crippen LogP contribution in [0.3, 0.4) is 0 Å². The Hall–Kier alpha value is -2.93. The Labute approximate surface area is 163 Å². The van der Waals surface area contributed by atoms with Crippen molar-refractivity contribution in [3.8, 4) is 0 Å². The van der Waals surface area contributed by atoms with E-state index < -0.39 is 5.41 Å². The summed E-state index contributed by atoms with van der Waals surface area (Å²) in [7, 11) is 0. The van der Waals surface area contributed by atoms with Crippen molar-refractivity contribution in [2.75, 3.05) is 0 Å². The van der Waals surface area contributed by atoms with Gasteiger partial charge in [0.25, 0.3) is 0 Å². The SMILES string of the molecule is C=CCC(=Cc1ccccc1)C(CC=CC)(C(=O)/C=C/C)c1ccccc1. The number of rotatable bonds is 9. The fraction of sp³-hybridized carbons (Fsp3) is 0.192. The summed E-state index contributed by atoms with van der Waals surface area (Å²) >= 11 is 0. The molecule has 0 aliphatic carbocycles. The van der Waals surface area contributed by atoms with Gasteiger partial charge in [-0.1, -0.05) is 91.0 Å². The standard InChI is InChI=1S/C26H28O/c1-4-7-20-26(25(27)15-6-3,23-18-12-9-13-19-23)24(14-5-2)21-22-16-10-8-11-17-22/h4-13,15-19,21H,2,14,20H2,1,3H3/b7-4?,15-6+,24-21?. The topological polar surface area (TPSA) is 17.1 Å². The summed E-state index contributed by atoms with van der Waals surface area (Å²) in [5, 5.41) is 0. The Bertz CT molecular complexity index is 825. The molecule has 1 heteroatoms. The maximum absolute atomic E-state index is 13.5. The van der Waals surface area contributed by atoms with Crippen LogP contribution >= 0.6 is 0 Å². The molecule has 0 amide bonds. The molecule has 0 aliphatic heterocycles. The van der Waals surface area contributed by atoms with Gasteiger partial charge in [0.15, 0.2) is 5.78 Å². The van der Waals surface area contributed by atoms with Crippen molar-refractivity contribution in [2.24, 2.45) is 0 Å². The molecular formula is C26H28O. The molecule has 138 valence electrons. The largest absolute Gasteiger partial charge is 0.293 e. The lowest BCUT2D eigenvalue weighted by Crippen LogP contribution is -2.36. The average Bonchev–Trinajstić information content (AvgIpc) is 2.70. The van der Waals surface area contributed by atoms with Gasteiger partial charge in [0.2, 0.25) is 0 Å². The second kappa shape index (κ2) is 10.3. The Morgan fingerprint density at radius 2 is 1.59 bits per heavy atom. The molecule has 0 saturated carbocycles. The van der Waals surface area contributed by atoms with Crippen molar-refractivity contribution < 1.29 is 4.79 Å². The first-order chi connectivity index (χ1) is 13.2. The van der Waals surface area contributed by atoms with Crippen LogP contribution in [0, 0.1) is 0 Å². The first-order valence-electron chi connectivity index (χ1n) is 9.39. The summed E-state index contributed by atoms with van der Waals surface area (Å²) in [6, 6.07) is 20.2. The fourth-order valence-electron chi connectivity index (χ4n) is 3.41. The number of carbonyl (C=O) groups is 1. The lowest BCUT2D eigenvalue weighted by molar-refractivity contribution is -0.118. The van der Waals surface area contributed by atoms with Crippen molar-refractivity contribution in [1.82, 2.24) is 0 Å². The Morgan fingerprint density at radius 1 is 0.963 bits per heavy atom. The molecule has 1 unspecified atom stereocenters. The van der Waals surface area contributed by atoms with Crippen LogP contribution in [0.2, 0.25) is 0 Å². The molecule has 0 N–H and O–H groups in total. The summed E-state index contributed by atoms with van der Waals surface area (Å²) < 4.78 is 0. The molecule has 2 rings (SSSR count). The first-order valence-corrected chi connectivity index (χ1v) is 9.39. The molecule has 1 nitrogen and oxygen atoms in total. The van der Waals surface area contributed by atoms with Crippen molar-refractivity contribution in [3.05, 3.63) is 114 Å². The molecule has 0 aliphatic rings. The van der Waals surface area contributed by atoms with Crippen molar-refractivity contribution >= 4 is 11.9 Å². The molecule has 2 aromatic rings. The van der Waals surface area contributed by atoms with Crippen LogP contribution in [0.25, 0.3) is 6.08 Å². The Kier molecular flexibility index (Phi) is 7.76. The third kappa shape index (κ3) is 4.83. The van der Waals surface area contributed by atoms with Gasteiger partial charge in [0, 0.05) is 0 Å². The van der Waals surface area contributed by atoms with Gasteiger partial charge in [-0.05, 0) is 49.5 Å². The molecule has 0 fully saturated rings. The summed E-state index contributed by atoms with van der Waals surface area (Å²) in [4.78, 5) is 13.5. The predicted octanol–water partition coefficient (Wildman–Crippen LogP) is 6.70. The van der Waals surface area contributed by atoms with Crippen molar-refractivity contribution in [3.63, 3.8) is 0 Å². The molecule has 0 aromatic heterocycles. The molecule has 2 aromatic carbocycles. The molecule has 0 saturated heterocycles. The zero-order chi connectivity index (χ0) is 19.5. The summed E-state index contributed by atoms with van der Waals surface area (Å²) in [5.74, 6) is 0.0957. The Morgan fingerprint density at radius 3 is 2.15 bits per heavy atom. The number of allylic oxidation sites excluding steroid dienone is 6. The van der Waals surface area contributed by atoms with Crippen molar-refractivity contribution in [2.45, 2.75) is 32.1 Å². The molecule has 0 heterocycles. The number of hydrogen-bond donors (Lipinski definition) is 0. The average molecular weight is 357 g/mol. The molecule has 27 heavy (non-hydrogen) atoms. The van der Waals surface area contributed by atoms with E-state index in [-0.39, 0.29) is 5.78 Å². The van der Waals surface area contributed by atoms with E-state index in [1.807, 2.05) is 80.6 Å². The predicted molar refractivity (Wildman–Crippen MR) is 117 cm³/mol. The van der Waals surface area contributed by atoms with E-state index in [9.17, 15) is 4.79 Å². The van der Waals surface area contributed by atoms with Crippen LogP contribution < -0.4 is 0 Å². The minimum Gasteiger partial charge on any atom is -0.293 e. The normalized spacial score (nSPS) is 14.4. The molecule has 0 radical (unpaired) electrons. The van der Waals surface area contributed by atoms with Gasteiger partial charge in [-0.3, -0.25) is 4.79 Å². The zero-order valence-corrected chi connectivity index (χ0v) is 16.3. The van der Waals surface area contributed by atoms with Crippen LogP contribution in [0.5, 0.6) is 0 Å². The van der Waals surface area contributed by atoms with Gasteiger partial charge in [-0.15, -0.1) is 6.58 Å². The molecule has 0 spiro atoms. The summed E-state index contributed by atoms with van der Waals surface area (Å²) in [6.45, 7) is 7.82. The molecule has 1 atom stereocenters. The zero-order valence-electron chi connectivity index (χ0n) is 16.3. The lowest BCUT2D eigenvalue weighted by atomic mass is 9.67. The third-order valence-corrected chi connectivity index (χ3v) is 4.72. The summed E-state index contributed by atoms with van der Waals surface area (Å²) in [6.07, 6.45) is 12.9. The molecular weight excluding hydrogens is 328 g/mol. The maximum Gasteiger partial charge on any atom is 0.170 e. The summed E-state index contributed by atoms with van der Waals surface area (Å²) in [5.41, 5.74) is 2.40. The second-order valence-electron chi connectivity index (χ2n) is 6.48. The highest BCUT2D eigenvalue weighted by Crippen LogP contribution is 2.41. The van der Waals surface area contributed by atoms with E-state index in [0.717, 1.165) is 16.7 Å². The number of hydrogen-bond acceptors (Lipinski definition) is 1. The number of benzene rings is 2. The van der Waals surface area contributed by atoms with Gasteiger partial charge in [-0.2, -0.15) is 0 Å². The molecule has 0 bridgehead atoms. The quantitative estimate of drug-likeness (QED) is 0.361. The van der Waals surface area contributed by atoms with E-state index >= 15 is 0 Å².